The number of halogens is 4. The predicted molar refractivity (Wildman–Crippen MR) is 100.0 cm³/mol. The molecule has 0 saturated heterocycles. The lowest BCUT2D eigenvalue weighted by molar-refractivity contribution is -0.161. The van der Waals surface area contributed by atoms with E-state index in [-0.39, 0.29) is 29.8 Å². The summed E-state index contributed by atoms with van der Waals surface area (Å²) >= 11 is 0. The fraction of sp³-hybridized carbons (Fsp3) is 0.619. The number of rotatable bonds is 9. The average molecular weight is 420 g/mol. The second kappa shape index (κ2) is 10.9. The SMILES string of the molecule is CCOC(C)COC(O)C1CCC(c2ccc(O/C=C\C(F)(F)F)c(F)c2)CC1. The molecule has 1 aliphatic rings. The van der Waals surface area contributed by atoms with Gasteiger partial charge in [-0.3, -0.25) is 0 Å². The predicted octanol–water partition coefficient (Wildman–Crippen LogP) is 5.31. The quantitative estimate of drug-likeness (QED) is 0.334. The van der Waals surface area contributed by atoms with Crippen molar-refractivity contribution in [1.29, 1.82) is 0 Å². The maximum atomic E-state index is 14.2. The molecule has 0 heterocycles. The van der Waals surface area contributed by atoms with Crippen LogP contribution < -0.4 is 4.74 Å². The number of allylic oxidation sites excluding steroid dienone is 1. The van der Waals surface area contributed by atoms with Gasteiger partial charge in [-0.2, -0.15) is 13.2 Å². The molecule has 2 atom stereocenters. The Kier molecular flexibility index (Phi) is 8.92. The van der Waals surface area contributed by atoms with Gasteiger partial charge in [0.05, 0.1) is 25.0 Å². The van der Waals surface area contributed by atoms with Gasteiger partial charge in [-0.15, -0.1) is 0 Å². The number of alkyl halides is 3. The summed E-state index contributed by atoms with van der Waals surface area (Å²) in [5, 5.41) is 10.2. The molecule has 4 nitrogen and oxygen atoms in total. The smallest absolute Gasteiger partial charge is 0.412 e. The second-order valence-corrected chi connectivity index (χ2v) is 7.25. The van der Waals surface area contributed by atoms with Crippen LogP contribution in [-0.4, -0.2) is 36.9 Å². The van der Waals surface area contributed by atoms with Crippen LogP contribution in [0, 0.1) is 11.7 Å². The monoisotopic (exact) mass is 420 g/mol. The summed E-state index contributed by atoms with van der Waals surface area (Å²) in [5.41, 5.74) is 0.772. The van der Waals surface area contributed by atoms with Gasteiger partial charge >= 0.3 is 6.18 Å². The molecule has 1 fully saturated rings. The molecule has 0 radical (unpaired) electrons. The summed E-state index contributed by atoms with van der Waals surface area (Å²) < 4.78 is 66.0. The Morgan fingerprint density at radius 1 is 1.17 bits per heavy atom. The maximum Gasteiger partial charge on any atom is 0.412 e. The van der Waals surface area contributed by atoms with Gasteiger partial charge in [0.2, 0.25) is 0 Å². The Morgan fingerprint density at radius 3 is 2.45 bits per heavy atom. The van der Waals surface area contributed by atoms with Crippen molar-refractivity contribution in [2.75, 3.05) is 13.2 Å². The van der Waals surface area contributed by atoms with Gasteiger partial charge in [-0.25, -0.2) is 4.39 Å². The molecule has 1 saturated carbocycles. The third-order valence-electron chi connectivity index (χ3n) is 5.01. The standard InChI is InChI=1S/C21H28F4O4/c1-3-27-14(2)13-29-20(26)16-6-4-15(5-7-16)17-8-9-19(18(22)12-17)28-11-10-21(23,24)25/h8-12,14-16,20,26H,3-7,13H2,1-2H3/b11-10-. The highest BCUT2D eigenvalue weighted by Gasteiger charge is 2.28. The zero-order chi connectivity index (χ0) is 21.4. The topological polar surface area (TPSA) is 47.9 Å². The molecule has 2 unspecified atom stereocenters. The Hall–Kier alpha value is -1.64. The zero-order valence-corrected chi connectivity index (χ0v) is 16.6. The number of benzene rings is 1. The van der Waals surface area contributed by atoms with Gasteiger partial charge in [-0.1, -0.05) is 6.07 Å². The van der Waals surface area contributed by atoms with Crippen molar-refractivity contribution in [2.45, 2.75) is 64.0 Å². The maximum absolute atomic E-state index is 14.2. The van der Waals surface area contributed by atoms with E-state index in [4.69, 9.17) is 14.2 Å². The molecule has 1 N–H and O–H groups in total. The molecule has 1 aromatic rings. The Balaban J connectivity index is 1.84. The molecule has 0 spiro atoms. The first-order valence-corrected chi connectivity index (χ1v) is 9.81. The van der Waals surface area contributed by atoms with Gasteiger partial charge in [0.25, 0.3) is 0 Å². The van der Waals surface area contributed by atoms with Crippen molar-refractivity contribution in [2.24, 2.45) is 5.92 Å². The normalized spacial score (nSPS) is 22.6. The van der Waals surface area contributed by atoms with Crippen molar-refractivity contribution >= 4 is 0 Å². The third kappa shape index (κ3) is 7.95. The molecule has 0 aromatic heterocycles. The van der Waals surface area contributed by atoms with Gasteiger partial charge < -0.3 is 19.3 Å². The molecule has 0 bridgehead atoms. The number of hydrogen-bond acceptors (Lipinski definition) is 4. The lowest BCUT2D eigenvalue weighted by Gasteiger charge is -2.32. The highest BCUT2D eigenvalue weighted by atomic mass is 19.4. The fourth-order valence-corrected chi connectivity index (χ4v) is 3.49. The zero-order valence-electron chi connectivity index (χ0n) is 16.6. The van der Waals surface area contributed by atoms with Crippen molar-refractivity contribution in [3.05, 3.63) is 41.9 Å². The molecule has 0 amide bonds. The first-order valence-electron chi connectivity index (χ1n) is 9.81. The van der Waals surface area contributed by atoms with E-state index in [0.717, 1.165) is 31.2 Å². The third-order valence-corrected chi connectivity index (χ3v) is 5.01. The highest BCUT2D eigenvalue weighted by molar-refractivity contribution is 5.32. The molecule has 2 rings (SSSR count). The van der Waals surface area contributed by atoms with E-state index < -0.39 is 18.3 Å². The van der Waals surface area contributed by atoms with Crippen LogP contribution in [0.3, 0.4) is 0 Å². The average Bonchev–Trinajstić information content (AvgIpc) is 2.67. The van der Waals surface area contributed by atoms with E-state index >= 15 is 0 Å². The van der Waals surface area contributed by atoms with Crippen LogP contribution in [0.5, 0.6) is 5.75 Å². The minimum Gasteiger partial charge on any atom is -0.462 e. The van der Waals surface area contributed by atoms with E-state index in [1.807, 2.05) is 13.8 Å². The molecule has 1 aromatic carbocycles. The minimum atomic E-state index is -4.51. The molecule has 164 valence electrons. The largest absolute Gasteiger partial charge is 0.462 e. The lowest BCUT2D eigenvalue weighted by atomic mass is 9.78. The van der Waals surface area contributed by atoms with Crippen molar-refractivity contribution in [1.82, 2.24) is 0 Å². The Bertz CT molecular complexity index is 655. The molecular weight excluding hydrogens is 392 g/mol. The molecular formula is C21H28F4O4. The first kappa shape index (κ1) is 23.6. The van der Waals surface area contributed by atoms with E-state index in [1.54, 1.807) is 6.07 Å². The summed E-state index contributed by atoms with van der Waals surface area (Å²) in [6.07, 6.45) is -2.11. The van der Waals surface area contributed by atoms with E-state index in [9.17, 15) is 22.7 Å². The fourth-order valence-electron chi connectivity index (χ4n) is 3.49. The summed E-state index contributed by atoms with van der Waals surface area (Å²) in [6.45, 7) is 4.69. The van der Waals surface area contributed by atoms with E-state index in [1.165, 1.54) is 12.1 Å². The van der Waals surface area contributed by atoms with Gasteiger partial charge in [0, 0.05) is 12.5 Å². The van der Waals surface area contributed by atoms with Gasteiger partial charge in [0.15, 0.2) is 17.9 Å². The Morgan fingerprint density at radius 2 is 1.86 bits per heavy atom. The number of hydrogen-bond donors (Lipinski definition) is 1. The van der Waals surface area contributed by atoms with E-state index in [2.05, 4.69) is 0 Å². The summed E-state index contributed by atoms with van der Waals surface area (Å²) in [4.78, 5) is 0. The van der Waals surface area contributed by atoms with Gasteiger partial charge in [0.1, 0.15) is 0 Å². The van der Waals surface area contributed by atoms with E-state index in [0.29, 0.717) is 19.5 Å². The molecule has 29 heavy (non-hydrogen) atoms. The molecule has 0 aliphatic heterocycles. The number of ether oxygens (including phenoxy) is 3. The summed E-state index contributed by atoms with van der Waals surface area (Å²) in [6, 6.07) is 4.31. The van der Waals surface area contributed by atoms with Crippen molar-refractivity contribution < 1.29 is 36.9 Å². The number of aliphatic hydroxyl groups is 1. The first-order chi connectivity index (χ1) is 13.7. The molecule has 8 heteroatoms. The van der Waals surface area contributed by atoms with Crippen LogP contribution in [0.4, 0.5) is 17.6 Å². The van der Waals surface area contributed by atoms with Crippen LogP contribution in [0.15, 0.2) is 30.5 Å². The van der Waals surface area contributed by atoms with Crippen LogP contribution in [0.2, 0.25) is 0 Å². The van der Waals surface area contributed by atoms with Crippen molar-refractivity contribution in [3.8, 4) is 5.75 Å². The summed E-state index contributed by atoms with van der Waals surface area (Å²) in [7, 11) is 0. The Labute approximate surface area is 168 Å². The minimum absolute atomic E-state index is 0.0139. The van der Waals surface area contributed by atoms with Crippen LogP contribution in [0.25, 0.3) is 0 Å². The summed E-state index contributed by atoms with van der Waals surface area (Å²) in [5.74, 6) is -0.824. The van der Waals surface area contributed by atoms with Crippen LogP contribution >= 0.6 is 0 Å². The van der Waals surface area contributed by atoms with Crippen molar-refractivity contribution in [3.63, 3.8) is 0 Å². The van der Waals surface area contributed by atoms with Gasteiger partial charge in [-0.05, 0) is 63.1 Å². The lowest BCUT2D eigenvalue weighted by Crippen LogP contribution is -2.30. The van der Waals surface area contributed by atoms with Crippen LogP contribution in [0.1, 0.15) is 51.0 Å². The highest BCUT2D eigenvalue weighted by Crippen LogP contribution is 2.38. The number of aliphatic hydroxyl groups excluding tert-OH is 1. The second-order valence-electron chi connectivity index (χ2n) is 7.25. The van der Waals surface area contributed by atoms with Crippen LogP contribution in [-0.2, 0) is 9.47 Å². The molecule has 1 aliphatic carbocycles.